The summed E-state index contributed by atoms with van der Waals surface area (Å²) in [6.07, 6.45) is 2.45. The van der Waals surface area contributed by atoms with E-state index >= 15 is 0 Å². The Morgan fingerprint density at radius 2 is 2.19 bits per heavy atom. The van der Waals surface area contributed by atoms with Crippen LogP contribution in [0.15, 0.2) is 30.8 Å². The van der Waals surface area contributed by atoms with E-state index in [0.717, 1.165) is 11.3 Å². The number of hydrogen-bond acceptors (Lipinski definition) is 3. The van der Waals surface area contributed by atoms with Gasteiger partial charge in [0.2, 0.25) is 0 Å². The third-order valence-corrected chi connectivity index (χ3v) is 2.72. The molecule has 1 atom stereocenters. The second kappa shape index (κ2) is 5.97. The van der Waals surface area contributed by atoms with E-state index in [2.05, 4.69) is 19.2 Å². The Balaban J connectivity index is 2.80. The van der Waals surface area contributed by atoms with Crippen molar-refractivity contribution in [3.05, 3.63) is 36.4 Å². The van der Waals surface area contributed by atoms with Crippen LogP contribution >= 0.6 is 12.6 Å². The number of thiol groups is 1. The van der Waals surface area contributed by atoms with Crippen molar-refractivity contribution in [2.75, 3.05) is 6.61 Å². The van der Waals surface area contributed by atoms with Crippen LogP contribution in [0.25, 0.3) is 6.08 Å². The van der Waals surface area contributed by atoms with Gasteiger partial charge in [0.1, 0.15) is 5.75 Å². The molecule has 0 saturated heterocycles. The highest BCUT2D eigenvalue weighted by Gasteiger charge is 2.25. The van der Waals surface area contributed by atoms with Crippen molar-refractivity contribution in [2.45, 2.75) is 25.4 Å². The zero-order chi connectivity index (χ0) is 12.0. The molecule has 0 spiro atoms. The van der Waals surface area contributed by atoms with Crippen molar-refractivity contribution < 1.29 is 9.47 Å². The van der Waals surface area contributed by atoms with E-state index in [1.807, 2.05) is 38.1 Å². The fourth-order valence-corrected chi connectivity index (χ4v) is 1.55. The highest BCUT2D eigenvalue weighted by Crippen LogP contribution is 2.26. The largest absolute Gasteiger partial charge is 0.453 e. The molecule has 3 heteroatoms. The fourth-order valence-electron chi connectivity index (χ4n) is 1.32. The van der Waals surface area contributed by atoms with E-state index in [1.165, 1.54) is 0 Å². The Hall–Kier alpha value is -0.930. The third-order valence-electron chi connectivity index (χ3n) is 2.19. The number of benzene rings is 1. The molecule has 0 N–H and O–H groups in total. The van der Waals surface area contributed by atoms with Gasteiger partial charge in [-0.3, -0.25) is 0 Å². The van der Waals surface area contributed by atoms with E-state index in [9.17, 15) is 0 Å². The lowest BCUT2D eigenvalue weighted by Gasteiger charge is -2.27. The summed E-state index contributed by atoms with van der Waals surface area (Å²) in [6.45, 7) is 8.18. The first kappa shape index (κ1) is 13.1. The number of ether oxygens (including phenoxy) is 2. The molecule has 0 saturated carbocycles. The minimum absolute atomic E-state index is 0.568. The summed E-state index contributed by atoms with van der Waals surface area (Å²) in [5.41, 5.74) is 1.01. The molecule has 0 amide bonds. The monoisotopic (exact) mass is 238 g/mol. The summed E-state index contributed by atoms with van der Waals surface area (Å²) < 4.78 is 11.2. The van der Waals surface area contributed by atoms with Gasteiger partial charge in [0, 0.05) is 13.0 Å². The topological polar surface area (TPSA) is 18.5 Å². The molecule has 1 rings (SSSR count). The van der Waals surface area contributed by atoms with E-state index in [-0.39, 0.29) is 0 Å². The zero-order valence-electron chi connectivity index (χ0n) is 9.77. The lowest BCUT2D eigenvalue weighted by molar-refractivity contribution is -0.106. The molecule has 0 fully saturated rings. The van der Waals surface area contributed by atoms with Crippen molar-refractivity contribution in [3.8, 4) is 5.75 Å². The van der Waals surface area contributed by atoms with Crippen LogP contribution in [-0.2, 0) is 4.74 Å². The maximum Gasteiger partial charge on any atom is 0.257 e. The Kier molecular flexibility index (Phi) is 4.90. The van der Waals surface area contributed by atoms with Crippen LogP contribution in [0.2, 0.25) is 0 Å². The summed E-state index contributed by atoms with van der Waals surface area (Å²) >= 11 is 4.40. The van der Waals surface area contributed by atoms with Crippen LogP contribution in [0.1, 0.15) is 25.8 Å². The average Bonchev–Trinajstić information content (AvgIpc) is 2.29. The van der Waals surface area contributed by atoms with Crippen LogP contribution in [-0.4, -0.2) is 11.7 Å². The van der Waals surface area contributed by atoms with Crippen molar-refractivity contribution in [1.29, 1.82) is 0 Å². The molecule has 0 aliphatic rings. The zero-order valence-corrected chi connectivity index (χ0v) is 10.7. The first-order valence-corrected chi connectivity index (χ1v) is 5.86. The minimum Gasteiger partial charge on any atom is -0.453 e. The second-order valence-corrected chi connectivity index (χ2v) is 4.06. The molecule has 0 aromatic heterocycles. The summed E-state index contributed by atoms with van der Waals surface area (Å²) in [7, 11) is 0. The first-order valence-electron chi connectivity index (χ1n) is 5.41. The number of hydrogen-bond donors (Lipinski definition) is 1. The van der Waals surface area contributed by atoms with Gasteiger partial charge in [0.15, 0.2) is 0 Å². The maximum absolute atomic E-state index is 5.73. The molecule has 16 heavy (non-hydrogen) atoms. The van der Waals surface area contributed by atoms with Crippen molar-refractivity contribution in [2.24, 2.45) is 0 Å². The quantitative estimate of drug-likeness (QED) is 0.601. The van der Waals surface area contributed by atoms with Gasteiger partial charge in [-0.15, -0.1) is 12.6 Å². The third kappa shape index (κ3) is 3.58. The molecule has 1 aromatic rings. The standard InChI is InChI=1S/C13H18O2S/c1-4-11-8-7-9-12(10-11)15-13(16,5-2)14-6-3/h4,7-10,16H,1,5-6H2,2-3H3. The van der Waals surface area contributed by atoms with Crippen LogP contribution in [0.4, 0.5) is 0 Å². The Morgan fingerprint density at radius 1 is 1.44 bits per heavy atom. The smallest absolute Gasteiger partial charge is 0.257 e. The van der Waals surface area contributed by atoms with Gasteiger partial charge in [-0.1, -0.05) is 31.7 Å². The molecule has 0 aliphatic heterocycles. The van der Waals surface area contributed by atoms with Gasteiger partial charge in [-0.25, -0.2) is 0 Å². The van der Waals surface area contributed by atoms with Crippen molar-refractivity contribution in [1.82, 2.24) is 0 Å². The SMILES string of the molecule is C=Cc1cccc(OC(S)(CC)OCC)c1. The van der Waals surface area contributed by atoms with Gasteiger partial charge in [-0.2, -0.15) is 0 Å². The minimum atomic E-state index is -0.853. The van der Waals surface area contributed by atoms with Gasteiger partial charge in [-0.05, 0) is 24.6 Å². The fraction of sp³-hybridized carbons (Fsp3) is 0.385. The summed E-state index contributed by atoms with van der Waals surface area (Å²) in [5, 5.41) is -0.853. The lowest BCUT2D eigenvalue weighted by atomic mass is 10.2. The highest BCUT2D eigenvalue weighted by molar-refractivity contribution is 7.81. The predicted molar refractivity (Wildman–Crippen MR) is 70.8 cm³/mol. The summed E-state index contributed by atoms with van der Waals surface area (Å²) in [4.78, 5) is 0. The van der Waals surface area contributed by atoms with Gasteiger partial charge in [0.25, 0.3) is 5.12 Å². The lowest BCUT2D eigenvalue weighted by Crippen LogP contribution is -2.32. The van der Waals surface area contributed by atoms with E-state index in [1.54, 1.807) is 6.08 Å². The summed E-state index contributed by atoms with van der Waals surface area (Å²) in [6, 6.07) is 7.67. The number of rotatable bonds is 6. The maximum atomic E-state index is 5.73. The van der Waals surface area contributed by atoms with Gasteiger partial charge >= 0.3 is 0 Å². The molecule has 88 valence electrons. The molecule has 2 nitrogen and oxygen atoms in total. The molecule has 1 unspecified atom stereocenters. The Labute approximate surface area is 103 Å². The summed E-state index contributed by atoms with van der Waals surface area (Å²) in [5.74, 6) is 0.739. The van der Waals surface area contributed by atoms with Gasteiger partial charge in [0.05, 0.1) is 0 Å². The molecule has 0 aliphatic carbocycles. The van der Waals surface area contributed by atoms with Crippen molar-refractivity contribution >= 4 is 18.7 Å². The van der Waals surface area contributed by atoms with Crippen LogP contribution in [0.5, 0.6) is 5.75 Å². The van der Waals surface area contributed by atoms with Crippen LogP contribution < -0.4 is 4.74 Å². The Morgan fingerprint density at radius 3 is 2.75 bits per heavy atom. The van der Waals surface area contributed by atoms with Crippen molar-refractivity contribution in [3.63, 3.8) is 0 Å². The molecule has 0 bridgehead atoms. The van der Waals surface area contributed by atoms with Gasteiger partial charge < -0.3 is 9.47 Å². The predicted octanol–water partition coefficient (Wildman–Crippen LogP) is 3.74. The average molecular weight is 238 g/mol. The molecular weight excluding hydrogens is 220 g/mol. The molecule has 0 radical (unpaired) electrons. The van der Waals surface area contributed by atoms with Crippen LogP contribution in [0.3, 0.4) is 0 Å². The van der Waals surface area contributed by atoms with E-state index in [0.29, 0.717) is 13.0 Å². The van der Waals surface area contributed by atoms with E-state index < -0.39 is 5.12 Å². The van der Waals surface area contributed by atoms with E-state index in [4.69, 9.17) is 9.47 Å². The Bertz CT molecular complexity index is 352. The van der Waals surface area contributed by atoms with Crippen LogP contribution in [0, 0.1) is 0 Å². The molecular formula is C13H18O2S. The second-order valence-electron chi connectivity index (χ2n) is 3.38. The molecule has 0 heterocycles. The molecule has 1 aromatic carbocycles. The normalized spacial score (nSPS) is 14.2. The highest BCUT2D eigenvalue weighted by atomic mass is 32.1. The first-order chi connectivity index (χ1) is 7.63.